The smallest absolute Gasteiger partial charge is 0.119 e. The Kier molecular flexibility index (Phi) is 7.48. The Bertz CT molecular complexity index is 281. The minimum Gasteiger partial charge on any atom is -0.494 e. The van der Waals surface area contributed by atoms with Gasteiger partial charge in [-0.05, 0) is 50.0 Å². The lowest BCUT2D eigenvalue weighted by molar-refractivity contribution is 0.306. The first-order valence-corrected chi connectivity index (χ1v) is 6.79. The first-order valence-electron chi connectivity index (χ1n) is 6.79. The van der Waals surface area contributed by atoms with Gasteiger partial charge in [-0.15, -0.1) is 0 Å². The van der Waals surface area contributed by atoms with Crippen LogP contribution in [0.3, 0.4) is 0 Å². The van der Waals surface area contributed by atoms with E-state index < -0.39 is 0 Å². The van der Waals surface area contributed by atoms with E-state index >= 15 is 0 Å². The molecule has 2 heteroatoms. The quantitative estimate of drug-likeness (QED) is 0.662. The lowest BCUT2D eigenvalue weighted by Gasteiger charge is -2.07. The summed E-state index contributed by atoms with van der Waals surface area (Å²) in [6, 6.07) is 8.49. The van der Waals surface area contributed by atoms with Crippen molar-refractivity contribution in [2.75, 3.05) is 19.7 Å². The van der Waals surface area contributed by atoms with Crippen LogP contribution < -0.4 is 10.1 Å². The molecule has 0 aromatic heterocycles. The summed E-state index contributed by atoms with van der Waals surface area (Å²) in [4.78, 5) is 0. The minimum atomic E-state index is 0.818. The molecule has 0 atom stereocenters. The van der Waals surface area contributed by atoms with Crippen LogP contribution in [0, 0.1) is 0 Å². The van der Waals surface area contributed by atoms with Crippen LogP contribution in [0.15, 0.2) is 24.3 Å². The molecular formula is C15H25NO. The van der Waals surface area contributed by atoms with Crippen LogP contribution in [0.25, 0.3) is 0 Å². The molecule has 0 bridgehead atoms. The van der Waals surface area contributed by atoms with Crippen LogP contribution in [0.4, 0.5) is 0 Å². The van der Waals surface area contributed by atoms with E-state index in [-0.39, 0.29) is 0 Å². The second kappa shape index (κ2) is 9.06. The summed E-state index contributed by atoms with van der Waals surface area (Å²) in [5.41, 5.74) is 1.40. The molecule has 0 heterocycles. The third-order valence-corrected chi connectivity index (χ3v) is 2.73. The Morgan fingerprint density at radius 2 is 1.82 bits per heavy atom. The fraction of sp³-hybridized carbons (Fsp3) is 0.600. The van der Waals surface area contributed by atoms with E-state index in [4.69, 9.17) is 4.74 Å². The highest BCUT2D eigenvalue weighted by atomic mass is 16.5. The van der Waals surface area contributed by atoms with Gasteiger partial charge in [0.1, 0.15) is 5.75 Å². The van der Waals surface area contributed by atoms with Gasteiger partial charge in [-0.25, -0.2) is 0 Å². The average Bonchev–Trinajstić information content (AvgIpc) is 2.36. The van der Waals surface area contributed by atoms with Gasteiger partial charge in [0.25, 0.3) is 0 Å². The van der Waals surface area contributed by atoms with Crippen molar-refractivity contribution in [3.63, 3.8) is 0 Å². The molecule has 1 rings (SSSR count). The molecule has 0 aliphatic carbocycles. The van der Waals surface area contributed by atoms with E-state index in [1.165, 1.54) is 18.4 Å². The van der Waals surface area contributed by atoms with Crippen LogP contribution >= 0.6 is 0 Å². The fourth-order valence-corrected chi connectivity index (χ4v) is 1.76. The van der Waals surface area contributed by atoms with Crippen molar-refractivity contribution < 1.29 is 4.74 Å². The maximum Gasteiger partial charge on any atom is 0.119 e. The van der Waals surface area contributed by atoms with Crippen LogP contribution in [0.5, 0.6) is 5.75 Å². The van der Waals surface area contributed by atoms with Gasteiger partial charge >= 0.3 is 0 Å². The number of unbranched alkanes of at least 4 members (excludes halogenated alkanes) is 1. The first-order chi connectivity index (χ1) is 8.36. The van der Waals surface area contributed by atoms with Gasteiger partial charge in [-0.3, -0.25) is 0 Å². The van der Waals surface area contributed by atoms with E-state index in [0.29, 0.717) is 0 Å². The summed E-state index contributed by atoms with van der Waals surface area (Å²) in [5, 5.41) is 3.31. The fourth-order valence-electron chi connectivity index (χ4n) is 1.76. The molecule has 1 aromatic carbocycles. The average molecular weight is 235 g/mol. The highest BCUT2D eigenvalue weighted by Crippen LogP contribution is 2.13. The van der Waals surface area contributed by atoms with Gasteiger partial charge in [0.2, 0.25) is 0 Å². The van der Waals surface area contributed by atoms with Crippen LogP contribution in [0.1, 0.15) is 38.7 Å². The predicted molar refractivity (Wildman–Crippen MR) is 73.7 cm³/mol. The van der Waals surface area contributed by atoms with Gasteiger partial charge < -0.3 is 10.1 Å². The molecule has 0 fully saturated rings. The van der Waals surface area contributed by atoms with Crippen LogP contribution in [-0.4, -0.2) is 19.7 Å². The topological polar surface area (TPSA) is 21.3 Å². The Balaban J connectivity index is 2.14. The number of hydrogen-bond donors (Lipinski definition) is 1. The molecular weight excluding hydrogens is 210 g/mol. The number of aryl methyl sites for hydroxylation is 1. The van der Waals surface area contributed by atoms with E-state index in [1.54, 1.807) is 0 Å². The molecule has 0 saturated carbocycles. The van der Waals surface area contributed by atoms with Gasteiger partial charge in [-0.2, -0.15) is 0 Å². The second-order valence-electron chi connectivity index (χ2n) is 4.30. The molecule has 0 aliphatic rings. The molecule has 0 spiro atoms. The molecule has 1 N–H and O–H groups in total. The van der Waals surface area contributed by atoms with Gasteiger partial charge in [0, 0.05) is 0 Å². The van der Waals surface area contributed by atoms with Crippen molar-refractivity contribution in [1.29, 1.82) is 0 Å². The van der Waals surface area contributed by atoms with Gasteiger partial charge in [0.15, 0.2) is 0 Å². The Morgan fingerprint density at radius 1 is 1.06 bits per heavy atom. The largest absolute Gasteiger partial charge is 0.494 e. The summed E-state index contributed by atoms with van der Waals surface area (Å²) in [5.74, 6) is 0.994. The van der Waals surface area contributed by atoms with Crippen molar-refractivity contribution in [3.05, 3.63) is 29.8 Å². The Morgan fingerprint density at radius 3 is 2.47 bits per heavy atom. The predicted octanol–water partition coefficient (Wildman–Crippen LogP) is 3.41. The SMILES string of the molecule is CCCc1ccc(OCCCCNCC)cc1. The summed E-state index contributed by atoms with van der Waals surface area (Å²) >= 11 is 0. The van der Waals surface area contributed by atoms with E-state index in [2.05, 4.69) is 43.4 Å². The standard InChI is InChI=1S/C15H25NO/c1-3-7-14-8-10-15(11-9-14)17-13-6-5-12-16-4-2/h8-11,16H,3-7,12-13H2,1-2H3. The normalized spacial score (nSPS) is 10.5. The Hall–Kier alpha value is -1.02. The summed E-state index contributed by atoms with van der Waals surface area (Å²) in [7, 11) is 0. The monoisotopic (exact) mass is 235 g/mol. The molecule has 0 amide bonds. The van der Waals surface area contributed by atoms with E-state index in [9.17, 15) is 0 Å². The van der Waals surface area contributed by atoms with Crippen molar-refractivity contribution in [2.24, 2.45) is 0 Å². The number of ether oxygens (including phenoxy) is 1. The molecule has 17 heavy (non-hydrogen) atoms. The highest BCUT2D eigenvalue weighted by Gasteiger charge is 1.95. The lowest BCUT2D eigenvalue weighted by Crippen LogP contribution is -2.14. The van der Waals surface area contributed by atoms with Crippen LogP contribution in [0.2, 0.25) is 0 Å². The third-order valence-electron chi connectivity index (χ3n) is 2.73. The molecule has 0 unspecified atom stereocenters. The van der Waals surface area contributed by atoms with E-state index in [1.807, 2.05) is 0 Å². The van der Waals surface area contributed by atoms with Crippen molar-refractivity contribution in [2.45, 2.75) is 39.5 Å². The zero-order valence-electron chi connectivity index (χ0n) is 11.2. The van der Waals surface area contributed by atoms with E-state index in [0.717, 1.165) is 38.3 Å². The number of hydrogen-bond acceptors (Lipinski definition) is 2. The third kappa shape index (κ3) is 6.32. The Labute approximate surface area is 105 Å². The maximum absolute atomic E-state index is 5.69. The van der Waals surface area contributed by atoms with Gasteiger partial charge in [-0.1, -0.05) is 32.4 Å². The molecule has 0 radical (unpaired) electrons. The minimum absolute atomic E-state index is 0.818. The second-order valence-corrected chi connectivity index (χ2v) is 4.30. The molecule has 1 aromatic rings. The first kappa shape index (κ1) is 14.0. The molecule has 96 valence electrons. The van der Waals surface area contributed by atoms with Crippen molar-refractivity contribution in [1.82, 2.24) is 5.32 Å². The molecule has 2 nitrogen and oxygen atoms in total. The molecule has 0 saturated heterocycles. The summed E-state index contributed by atoms with van der Waals surface area (Å²) in [6.07, 6.45) is 4.65. The highest BCUT2D eigenvalue weighted by molar-refractivity contribution is 5.27. The number of nitrogens with one attached hydrogen (secondary N) is 1. The maximum atomic E-state index is 5.69. The summed E-state index contributed by atoms with van der Waals surface area (Å²) < 4.78 is 5.69. The molecule has 0 aliphatic heterocycles. The summed E-state index contributed by atoms with van der Waals surface area (Å²) in [6.45, 7) is 7.30. The van der Waals surface area contributed by atoms with Gasteiger partial charge in [0.05, 0.1) is 6.61 Å². The lowest BCUT2D eigenvalue weighted by atomic mass is 10.1. The number of benzene rings is 1. The van der Waals surface area contributed by atoms with Crippen molar-refractivity contribution >= 4 is 0 Å². The number of rotatable bonds is 9. The van der Waals surface area contributed by atoms with Crippen molar-refractivity contribution in [3.8, 4) is 5.75 Å². The zero-order valence-corrected chi connectivity index (χ0v) is 11.2. The zero-order chi connectivity index (χ0) is 12.3. The van der Waals surface area contributed by atoms with Crippen LogP contribution in [-0.2, 0) is 6.42 Å².